The zero-order chi connectivity index (χ0) is 44.3. The van der Waals surface area contributed by atoms with Gasteiger partial charge in [0.1, 0.15) is 16.8 Å². The lowest BCUT2D eigenvalue weighted by Gasteiger charge is -2.25. The Balaban J connectivity index is 1.45. The van der Waals surface area contributed by atoms with Crippen LogP contribution in [0.25, 0.3) is 72.1 Å². The number of rotatable bonds is 3. The number of aryl methyl sites for hydroxylation is 1. The molecule has 0 saturated carbocycles. The number of aromatic nitrogens is 3. The van der Waals surface area contributed by atoms with Crippen molar-refractivity contribution in [2.24, 2.45) is 0 Å². The molecule has 0 amide bonds. The molecule has 6 heteroatoms. The lowest BCUT2D eigenvalue weighted by Crippen LogP contribution is -2.72. The van der Waals surface area contributed by atoms with E-state index in [1.54, 1.807) is 6.07 Å². The van der Waals surface area contributed by atoms with Gasteiger partial charge in [-0.1, -0.05) is 114 Å². The number of nitriles is 1. The third-order valence-corrected chi connectivity index (χ3v) is 14.9. The van der Waals surface area contributed by atoms with Gasteiger partial charge in [-0.2, -0.15) is 9.83 Å². The van der Waals surface area contributed by atoms with Crippen LogP contribution in [0.4, 0.5) is 0 Å². The molecule has 0 aliphatic carbocycles. The van der Waals surface area contributed by atoms with Crippen LogP contribution in [0, 0.1) is 18.2 Å². The second-order valence-electron chi connectivity index (χ2n) is 18.7. The molecule has 1 atom stereocenters. The minimum Gasteiger partial charge on any atom is -0.455 e. The van der Waals surface area contributed by atoms with Gasteiger partial charge in [0.15, 0.2) is 22.8 Å². The lowest BCUT2D eigenvalue weighted by atomic mass is 9.86. The van der Waals surface area contributed by atoms with Gasteiger partial charge >= 0.3 is 11.5 Å². The standard InChI is InChI=1S/C53H48N4OSi/c1-31(2)40-28-44-38-24-18-32(3)26-41(38)53(55(44)30-46(40)59(7,8)9)42-27-34(29-54)47-39-16-12-13-17-45(39)58-50(47)48(42)51-56(36-22-20-35(21-23-36)52(4,5)6)43-25-19-33-14-10-11-15-37(33)49(43)57(51)53/h10-28,30-31H,1-9H3/q+2/i3D3,31D. The molecule has 59 heavy (non-hydrogen) atoms. The van der Waals surface area contributed by atoms with Gasteiger partial charge in [-0.25, -0.2) is 0 Å². The molecule has 0 radical (unpaired) electrons. The molecule has 11 rings (SSSR count). The lowest BCUT2D eigenvalue weighted by molar-refractivity contribution is -0.944. The highest BCUT2D eigenvalue weighted by Gasteiger charge is 2.67. The van der Waals surface area contributed by atoms with E-state index in [9.17, 15) is 6.63 Å². The Morgan fingerprint density at radius 1 is 0.864 bits per heavy atom. The predicted molar refractivity (Wildman–Crippen MR) is 243 cm³/mol. The van der Waals surface area contributed by atoms with E-state index in [4.69, 9.17) is 8.53 Å². The first-order valence-corrected chi connectivity index (χ1v) is 24.0. The van der Waals surface area contributed by atoms with Gasteiger partial charge < -0.3 is 4.42 Å². The van der Waals surface area contributed by atoms with Gasteiger partial charge in [0, 0.05) is 32.9 Å². The van der Waals surface area contributed by atoms with E-state index in [-0.39, 0.29) is 11.0 Å². The highest BCUT2D eigenvalue weighted by molar-refractivity contribution is 6.89. The van der Waals surface area contributed by atoms with Crippen molar-refractivity contribution in [3.63, 3.8) is 0 Å². The van der Waals surface area contributed by atoms with E-state index in [1.165, 1.54) is 5.56 Å². The van der Waals surface area contributed by atoms with Crippen LogP contribution in [0.15, 0.2) is 126 Å². The van der Waals surface area contributed by atoms with Crippen molar-refractivity contribution in [1.29, 1.82) is 5.26 Å². The Hall–Kier alpha value is -6.29. The van der Waals surface area contributed by atoms with Crippen LogP contribution in [0.2, 0.25) is 19.6 Å². The van der Waals surface area contributed by atoms with Crippen molar-refractivity contribution in [3.05, 3.63) is 155 Å². The number of fused-ring (bicyclic) bond motifs is 18. The molecule has 5 heterocycles. The van der Waals surface area contributed by atoms with Gasteiger partial charge in [-0.3, -0.25) is 0 Å². The fourth-order valence-electron chi connectivity index (χ4n) is 10.2. The molecule has 0 fully saturated rings. The molecule has 1 spiro atoms. The second-order valence-corrected chi connectivity index (χ2v) is 23.8. The molecule has 1 unspecified atom stereocenters. The summed E-state index contributed by atoms with van der Waals surface area (Å²) in [6, 6.07) is 41.9. The Morgan fingerprint density at radius 2 is 1.61 bits per heavy atom. The average Bonchev–Trinajstić information content (AvgIpc) is 3.95. The minimum absolute atomic E-state index is 0.0656. The molecule has 2 aliphatic heterocycles. The first kappa shape index (κ1) is 31.7. The summed E-state index contributed by atoms with van der Waals surface area (Å²) >= 11 is 0. The summed E-state index contributed by atoms with van der Waals surface area (Å²) in [7, 11) is -2.19. The Morgan fingerprint density at radius 3 is 2.32 bits per heavy atom. The summed E-state index contributed by atoms with van der Waals surface area (Å²) in [4.78, 5) is 0. The first-order valence-electron chi connectivity index (χ1n) is 22.5. The number of nitrogens with zero attached hydrogens (tertiary/aromatic N) is 4. The number of benzene rings is 6. The van der Waals surface area contributed by atoms with Crippen molar-refractivity contribution in [1.82, 2.24) is 4.57 Å². The Kier molecular flexibility index (Phi) is 6.39. The molecule has 0 bridgehead atoms. The fraction of sp³-hybridized carbons (Fsp3) is 0.226. The summed E-state index contributed by atoms with van der Waals surface area (Å²) in [6.45, 7) is 15.1. The third kappa shape index (κ3) is 4.65. The molecule has 3 aromatic heterocycles. The number of para-hydroxylation sites is 1. The first-order chi connectivity index (χ1) is 29.7. The highest BCUT2D eigenvalue weighted by atomic mass is 28.3. The summed E-state index contributed by atoms with van der Waals surface area (Å²) in [6.07, 6.45) is 2.27. The largest absolute Gasteiger partial charge is 0.455 e. The smallest absolute Gasteiger partial charge is 0.365 e. The topological polar surface area (TPSA) is 49.6 Å². The van der Waals surface area contributed by atoms with Gasteiger partial charge in [-0.05, 0) is 89.3 Å². The van der Waals surface area contributed by atoms with E-state index in [0.29, 0.717) is 16.7 Å². The second kappa shape index (κ2) is 11.9. The summed E-state index contributed by atoms with van der Waals surface area (Å²) < 4.78 is 50.0. The minimum atomic E-state index is -2.40. The number of pyridine rings is 1. The maximum Gasteiger partial charge on any atom is 0.365 e. The van der Waals surface area contributed by atoms with Gasteiger partial charge in [0.25, 0.3) is 0 Å². The van der Waals surface area contributed by atoms with Crippen LogP contribution in [0.5, 0.6) is 0 Å². The zero-order valence-electron chi connectivity index (χ0n) is 38.7. The fourth-order valence-corrected chi connectivity index (χ4v) is 11.9. The van der Waals surface area contributed by atoms with Crippen LogP contribution < -0.4 is 14.3 Å². The number of furan rings is 1. The van der Waals surface area contributed by atoms with Crippen LogP contribution in [-0.4, -0.2) is 12.6 Å². The van der Waals surface area contributed by atoms with Crippen molar-refractivity contribution >= 4 is 57.0 Å². The summed E-state index contributed by atoms with van der Waals surface area (Å²) in [5.74, 6) is -0.0654. The van der Waals surface area contributed by atoms with Crippen LogP contribution in [0.3, 0.4) is 0 Å². The van der Waals surface area contributed by atoms with Gasteiger partial charge in [0.2, 0.25) is 5.69 Å². The number of hydrogen-bond acceptors (Lipinski definition) is 2. The van der Waals surface area contributed by atoms with Gasteiger partial charge in [-0.15, -0.1) is 9.13 Å². The molecule has 5 nitrogen and oxygen atoms in total. The maximum atomic E-state index is 11.2. The Bertz CT molecular complexity index is 3520. The zero-order valence-corrected chi connectivity index (χ0v) is 35.7. The molecule has 0 saturated heterocycles. The highest BCUT2D eigenvalue weighted by Crippen LogP contribution is 2.54. The van der Waals surface area contributed by atoms with Crippen molar-refractivity contribution in [2.45, 2.75) is 78.1 Å². The van der Waals surface area contributed by atoms with E-state index in [2.05, 4.69) is 133 Å². The van der Waals surface area contributed by atoms with E-state index in [1.807, 2.05) is 56.3 Å². The number of hydrogen-bond donors (Lipinski definition) is 0. The predicted octanol–water partition coefficient (Wildman–Crippen LogP) is 11.7. The molecular weight excluding hydrogens is 737 g/mol. The van der Waals surface area contributed by atoms with Crippen molar-refractivity contribution < 1.29 is 19.0 Å². The molecule has 9 aromatic rings. The molecular formula is C53H48N4OSi+2. The van der Waals surface area contributed by atoms with Crippen molar-refractivity contribution in [3.8, 4) is 34.4 Å². The maximum absolute atomic E-state index is 11.2. The average molecular weight is 789 g/mol. The third-order valence-electron chi connectivity index (χ3n) is 12.9. The van der Waals surface area contributed by atoms with E-state index >= 15 is 0 Å². The van der Waals surface area contributed by atoms with Gasteiger partial charge in [0.05, 0.1) is 36.4 Å². The molecule has 6 aromatic carbocycles. The Labute approximate surface area is 352 Å². The SMILES string of the molecule is [2H]C([2H])([2H])c1ccc2c(c1)C1(c3cc(C#N)c4c(oc5ccccc54)c3-c3n(-c4ccc(C(C)(C)C)cc4)c4ccc5ccccc5c4[n+]31)[n+]1cc([Si](C)(C)C)c(C([2H])(C)C)cc1-2. The van der Waals surface area contributed by atoms with Crippen LogP contribution in [0.1, 0.15) is 79.4 Å². The van der Waals surface area contributed by atoms with Crippen molar-refractivity contribution in [2.75, 3.05) is 0 Å². The van der Waals surface area contributed by atoms with E-state index in [0.717, 1.165) is 82.8 Å². The quantitative estimate of drug-likeness (QED) is 0.132. The molecule has 2 aliphatic rings. The number of imidazole rings is 1. The van der Waals surface area contributed by atoms with E-state index < -0.39 is 26.5 Å². The monoisotopic (exact) mass is 788 g/mol. The summed E-state index contributed by atoms with van der Waals surface area (Å²) in [5, 5.41) is 16.0. The van der Waals surface area contributed by atoms with Crippen LogP contribution in [-0.2, 0) is 11.1 Å². The molecule has 288 valence electrons. The normalized spacial score (nSPS) is 17.1. The molecule has 0 N–H and O–H groups in total. The van der Waals surface area contributed by atoms with Crippen LogP contribution >= 0.6 is 0 Å². The summed E-state index contributed by atoms with van der Waals surface area (Å²) in [5.41, 5.74) is 9.94.